The molecule has 146 valence electrons. The second kappa shape index (κ2) is 7.45. The van der Waals surface area contributed by atoms with E-state index in [0.29, 0.717) is 37.1 Å². The Morgan fingerprint density at radius 3 is 2.30 bits per heavy atom. The van der Waals surface area contributed by atoms with Gasteiger partial charge in [0.1, 0.15) is 11.6 Å². The molecule has 3 rings (SSSR count). The van der Waals surface area contributed by atoms with Gasteiger partial charge in [0.15, 0.2) is 0 Å². The molecular weight excluding hydrogens is 366 g/mol. The molecule has 0 bridgehead atoms. The van der Waals surface area contributed by atoms with Crippen LogP contribution < -0.4 is 5.32 Å². The van der Waals surface area contributed by atoms with E-state index in [1.807, 2.05) is 32.9 Å². The van der Waals surface area contributed by atoms with E-state index in [2.05, 4.69) is 25.3 Å². The largest absolute Gasteiger partial charge is 0.309 e. The van der Waals surface area contributed by atoms with Crippen LogP contribution in [0, 0.1) is 20.8 Å². The maximum absolute atomic E-state index is 12.3. The zero-order valence-electron chi connectivity index (χ0n) is 16.3. The van der Waals surface area contributed by atoms with Crippen molar-refractivity contribution in [1.82, 2.24) is 28.5 Å². The number of nitrogens with zero attached hydrogens (tertiary/aromatic N) is 6. The number of hydrogen-bond donors (Lipinski definition) is 1. The van der Waals surface area contributed by atoms with Crippen LogP contribution in [0.2, 0.25) is 0 Å². The predicted molar refractivity (Wildman–Crippen MR) is 103 cm³/mol. The molecular formula is C17H25N7O2S. The highest BCUT2D eigenvalue weighted by atomic mass is 32.2. The highest BCUT2D eigenvalue weighted by Crippen LogP contribution is 2.28. The first-order valence-corrected chi connectivity index (χ1v) is 10.2. The molecule has 2 aromatic rings. The molecule has 0 radical (unpaired) electrons. The molecule has 0 spiro atoms. The third-order valence-corrected chi connectivity index (χ3v) is 6.30. The van der Waals surface area contributed by atoms with Crippen molar-refractivity contribution in [2.75, 3.05) is 32.5 Å². The first kappa shape index (κ1) is 19.6. The molecule has 27 heavy (non-hydrogen) atoms. The van der Waals surface area contributed by atoms with Gasteiger partial charge in [0.2, 0.25) is 5.95 Å². The molecule has 10 heteroatoms. The summed E-state index contributed by atoms with van der Waals surface area (Å²) in [6.07, 6.45) is 0.690. The zero-order chi connectivity index (χ0) is 19.8. The lowest BCUT2D eigenvalue weighted by Crippen LogP contribution is -2.38. The van der Waals surface area contributed by atoms with Gasteiger partial charge in [-0.25, -0.2) is 19.9 Å². The quantitative estimate of drug-likeness (QED) is 0.824. The SMILES string of the molecule is Cc1cc(C)nc(Nc2cc(C)nc([C@@H]3CCN(S(=O)(=O)N(C)C)C3)n2)n1. The highest BCUT2D eigenvalue weighted by Gasteiger charge is 2.34. The number of anilines is 2. The van der Waals surface area contributed by atoms with E-state index in [0.717, 1.165) is 17.1 Å². The number of nitrogens with one attached hydrogen (secondary N) is 1. The van der Waals surface area contributed by atoms with Crippen LogP contribution in [0.15, 0.2) is 12.1 Å². The molecule has 0 aromatic carbocycles. The van der Waals surface area contributed by atoms with E-state index in [-0.39, 0.29) is 5.92 Å². The van der Waals surface area contributed by atoms with Crippen molar-refractivity contribution >= 4 is 22.0 Å². The van der Waals surface area contributed by atoms with Gasteiger partial charge in [-0.1, -0.05) is 0 Å². The van der Waals surface area contributed by atoms with Crippen LogP contribution in [0.25, 0.3) is 0 Å². The van der Waals surface area contributed by atoms with E-state index in [1.54, 1.807) is 0 Å². The van der Waals surface area contributed by atoms with E-state index >= 15 is 0 Å². The fraction of sp³-hybridized carbons (Fsp3) is 0.529. The van der Waals surface area contributed by atoms with Gasteiger partial charge >= 0.3 is 0 Å². The Labute approximate surface area is 160 Å². The third kappa shape index (κ3) is 4.40. The van der Waals surface area contributed by atoms with E-state index in [4.69, 9.17) is 0 Å². The zero-order valence-corrected chi connectivity index (χ0v) is 17.1. The maximum atomic E-state index is 12.3. The standard InChI is InChI=1S/C17H25N7O2S/c1-11-8-12(2)20-17(19-11)22-15-9-13(3)18-16(21-15)14-6-7-24(10-14)27(25,26)23(4)5/h8-9,14H,6-7,10H2,1-5H3,(H,18,19,20,21,22)/t14-/m1/s1. The minimum absolute atomic E-state index is 0.0414. The topological polar surface area (TPSA) is 104 Å². The summed E-state index contributed by atoms with van der Waals surface area (Å²) in [5.74, 6) is 1.69. The fourth-order valence-corrected chi connectivity index (χ4v) is 4.28. The summed E-state index contributed by atoms with van der Waals surface area (Å²) in [6.45, 7) is 6.56. The van der Waals surface area contributed by atoms with Gasteiger partial charge in [-0.2, -0.15) is 17.0 Å². The van der Waals surface area contributed by atoms with Gasteiger partial charge in [-0.15, -0.1) is 0 Å². The minimum Gasteiger partial charge on any atom is -0.309 e. The average molecular weight is 392 g/mol. The Balaban J connectivity index is 1.82. The third-order valence-electron chi connectivity index (χ3n) is 4.40. The molecule has 1 aliphatic rings. The van der Waals surface area contributed by atoms with Crippen molar-refractivity contribution in [2.45, 2.75) is 33.1 Å². The molecule has 1 N–H and O–H groups in total. The molecule has 0 amide bonds. The van der Waals surface area contributed by atoms with Crippen molar-refractivity contribution < 1.29 is 8.42 Å². The van der Waals surface area contributed by atoms with E-state index in [1.165, 1.54) is 22.7 Å². The van der Waals surface area contributed by atoms with Crippen LogP contribution >= 0.6 is 0 Å². The Kier molecular flexibility index (Phi) is 5.41. The lowest BCUT2D eigenvalue weighted by atomic mass is 10.1. The molecule has 2 aromatic heterocycles. The van der Waals surface area contributed by atoms with Crippen LogP contribution in [0.1, 0.15) is 35.2 Å². The van der Waals surface area contributed by atoms with Crippen molar-refractivity contribution in [1.29, 1.82) is 0 Å². The van der Waals surface area contributed by atoms with Crippen molar-refractivity contribution in [2.24, 2.45) is 0 Å². The second-order valence-corrected chi connectivity index (χ2v) is 9.13. The van der Waals surface area contributed by atoms with Crippen molar-refractivity contribution in [3.8, 4) is 0 Å². The molecule has 3 heterocycles. The lowest BCUT2D eigenvalue weighted by Gasteiger charge is -2.20. The van der Waals surface area contributed by atoms with Gasteiger partial charge in [-0.3, -0.25) is 0 Å². The lowest BCUT2D eigenvalue weighted by molar-refractivity contribution is 0.418. The highest BCUT2D eigenvalue weighted by molar-refractivity contribution is 7.86. The first-order valence-electron chi connectivity index (χ1n) is 8.77. The van der Waals surface area contributed by atoms with E-state index < -0.39 is 10.2 Å². The minimum atomic E-state index is -3.42. The Hall–Kier alpha value is -2.17. The van der Waals surface area contributed by atoms with Crippen LogP contribution in [-0.4, -0.2) is 64.1 Å². The monoisotopic (exact) mass is 391 g/mol. The maximum Gasteiger partial charge on any atom is 0.281 e. The van der Waals surface area contributed by atoms with Gasteiger partial charge < -0.3 is 5.32 Å². The van der Waals surface area contributed by atoms with Gasteiger partial charge in [0, 0.05) is 56.3 Å². The number of aryl methyl sites for hydroxylation is 3. The summed E-state index contributed by atoms with van der Waals surface area (Å²) >= 11 is 0. The summed E-state index contributed by atoms with van der Waals surface area (Å²) < 4.78 is 27.4. The summed E-state index contributed by atoms with van der Waals surface area (Å²) in [7, 11) is -0.342. The summed E-state index contributed by atoms with van der Waals surface area (Å²) in [5.41, 5.74) is 2.55. The second-order valence-electron chi connectivity index (χ2n) is 6.99. The molecule has 0 saturated carbocycles. The normalized spacial score (nSPS) is 18.2. The smallest absolute Gasteiger partial charge is 0.281 e. The summed E-state index contributed by atoms with van der Waals surface area (Å²) in [4.78, 5) is 17.9. The van der Waals surface area contributed by atoms with Gasteiger partial charge in [-0.05, 0) is 33.3 Å². The number of hydrogen-bond acceptors (Lipinski definition) is 7. The van der Waals surface area contributed by atoms with Crippen LogP contribution in [-0.2, 0) is 10.2 Å². The first-order chi connectivity index (χ1) is 12.6. The molecule has 1 aliphatic heterocycles. The summed E-state index contributed by atoms with van der Waals surface area (Å²) in [6, 6.07) is 3.73. The molecule has 0 aliphatic carbocycles. The van der Waals surface area contributed by atoms with Crippen LogP contribution in [0.4, 0.5) is 11.8 Å². The van der Waals surface area contributed by atoms with Crippen LogP contribution in [0.3, 0.4) is 0 Å². The Morgan fingerprint density at radius 1 is 1.04 bits per heavy atom. The van der Waals surface area contributed by atoms with Gasteiger partial charge in [0.05, 0.1) is 0 Å². The Bertz CT molecular complexity index is 926. The average Bonchev–Trinajstić information content (AvgIpc) is 3.03. The van der Waals surface area contributed by atoms with Crippen molar-refractivity contribution in [3.05, 3.63) is 35.0 Å². The van der Waals surface area contributed by atoms with Crippen LogP contribution in [0.5, 0.6) is 0 Å². The molecule has 9 nitrogen and oxygen atoms in total. The predicted octanol–water partition coefficient (Wildman–Crippen LogP) is 1.53. The number of aromatic nitrogens is 4. The molecule has 1 fully saturated rings. The fourth-order valence-electron chi connectivity index (χ4n) is 3.11. The molecule has 0 unspecified atom stereocenters. The number of rotatable bonds is 5. The Morgan fingerprint density at radius 2 is 1.67 bits per heavy atom. The molecule has 1 atom stereocenters. The van der Waals surface area contributed by atoms with E-state index in [9.17, 15) is 8.42 Å². The molecule has 1 saturated heterocycles. The van der Waals surface area contributed by atoms with Crippen molar-refractivity contribution in [3.63, 3.8) is 0 Å². The van der Waals surface area contributed by atoms with Gasteiger partial charge in [0.25, 0.3) is 10.2 Å². The summed E-state index contributed by atoms with van der Waals surface area (Å²) in [5, 5.41) is 3.14.